The molecule has 0 heterocycles. The summed E-state index contributed by atoms with van der Waals surface area (Å²) in [5.74, 6) is 2.16. The van der Waals surface area contributed by atoms with Crippen LogP contribution in [-0.2, 0) is 9.53 Å². The molecule has 0 radical (unpaired) electrons. The highest BCUT2D eigenvalue weighted by atomic mass is 16.6. The molecule has 0 saturated heterocycles. The Hall–Kier alpha value is -1.23. The second-order valence-corrected chi connectivity index (χ2v) is 3.15. The fourth-order valence-corrected chi connectivity index (χ4v) is 1.05. The fourth-order valence-electron chi connectivity index (χ4n) is 1.05. The molecule has 0 amide bonds. The van der Waals surface area contributed by atoms with Crippen LogP contribution in [0, 0.1) is 12.3 Å². The van der Waals surface area contributed by atoms with Gasteiger partial charge in [0.1, 0.15) is 0 Å². The van der Waals surface area contributed by atoms with Gasteiger partial charge in [0.05, 0.1) is 0 Å². The van der Waals surface area contributed by atoms with Crippen LogP contribution in [0.25, 0.3) is 0 Å². The first-order valence-electron chi connectivity index (χ1n) is 4.32. The van der Waals surface area contributed by atoms with Gasteiger partial charge in [-0.05, 0) is 26.2 Å². The van der Waals surface area contributed by atoms with Gasteiger partial charge in [-0.2, -0.15) is 0 Å². The maximum atomic E-state index is 10.7. The molecule has 0 saturated carbocycles. The molecule has 0 aliphatic heterocycles. The number of unbranched alkanes of at least 4 members (excludes halogenated alkanes) is 1. The number of carbonyl (C=O) groups excluding carboxylic acids is 1. The molecule has 72 valence electrons. The molecular weight excluding hydrogens is 164 g/mol. The molecule has 0 spiro atoms. The first kappa shape index (κ1) is 11.8. The first-order chi connectivity index (χ1) is 6.04. The van der Waals surface area contributed by atoms with E-state index in [1.165, 1.54) is 6.92 Å². The van der Waals surface area contributed by atoms with Crippen molar-refractivity contribution in [1.82, 2.24) is 0 Å². The summed E-state index contributed by atoms with van der Waals surface area (Å²) in [7, 11) is 0. The minimum Gasteiger partial charge on any atom is -0.446 e. The van der Waals surface area contributed by atoms with Gasteiger partial charge in [0.2, 0.25) is 0 Å². The van der Waals surface area contributed by atoms with E-state index in [1.807, 2.05) is 6.08 Å². The fraction of sp³-hybridized carbons (Fsp3) is 0.545. The van der Waals surface area contributed by atoms with Crippen LogP contribution < -0.4 is 0 Å². The van der Waals surface area contributed by atoms with E-state index in [0.29, 0.717) is 6.42 Å². The number of ether oxygens (including phenoxy) is 1. The summed E-state index contributed by atoms with van der Waals surface area (Å²) < 4.78 is 5.02. The van der Waals surface area contributed by atoms with Crippen molar-refractivity contribution < 1.29 is 9.53 Å². The van der Waals surface area contributed by atoms with Gasteiger partial charge in [-0.3, -0.25) is 4.79 Å². The summed E-state index contributed by atoms with van der Waals surface area (Å²) in [4.78, 5) is 10.7. The third-order valence-corrected chi connectivity index (χ3v) is 1.74. The lowest BCUT2D eigenvalue weighted by atomic mass is 10.00. The lowest BCUT2D eigenvalue weighted by Crippen LogP contribution is -2.28. The van der Waals surface area contributed by atoms with Crippen molar-refractivity contribution in [2.45, 2.75) is 38.7 Å². The second kappa shape index (κ2) is 5.42. The summed E-state index contributed by atoms with van der Waals surface area (Å²) in [5, 5.41) is 0. The SMILES string of the molecule is C#CC(C)(CCCC=C)OC(C)=O. The third kappa shape index (κ3) is 5.08. The van der Waals surface area contributed by atoms with Crippen molar-refractivity contribution in [2.75, 3.05) is 0 Å². The Labute approximate surface area is 80.0 Å². The van der Waals surface area contributed by atoms with Gasteiger partial charge in [0.25, 0.3) is 0 Å². The maximum absolute atomic E-state index is 10.7. The highest BCUT2D eigenvalue weighted by molar-refractivity contribution is 5.67. The van der Waals surface area contributed by atoms with Gasteiger partial charge < -0.3 is 4.74 Å². The molecular formula is C11H16O2. The van der Waals surface area contributed by atoms with E-state index in [-0.39, 0.29) is 5.97 Å². The van der Waals surface area contributed by atoms with Crippen LogP contribution in [0.15, 0.2) is 12.7 Å². The monoisotopic (exact) mass is 180 g/mol. The smallest absolute Gasteiger partial charge is 0.304 e. The van der Waals surface area contributed by atoms with E-state index in [4.69, 9.17) is 11.2 Å². The molecule has 2 nitrogen and oxygen atoms in total. The quantitative estimate of drug-likeness (QED) is 0.281. The van der Waals surface area contributed by atoms with Gasteiger partial charge in [-0.25, -0.2) is 0 Å². The molecule has 0 N–H and O–H groups in total. The molecule has 0 aliphatic rings. The van der Waals surface area contributed by atoms with Crippen LogP contribution >= 0.6 is 0 Å². The largest absolute Gasteiger partial charge is 0.446 e. The molecule has 0 aromatic rings. The van der Waals surface area contributed by atoms with Gasteiger partial charge in [0, 0.05) is 6.92 Å². The molecule has 0 aromatic carbocycles. The predicted octanol–water partition coefficient (Wildman–Crippen LogP) is 2.30. The number of hydrogen-bond acceptors (Lipinski definition) is 2. The maximum Gasteiger partial charge on any atom is 0.304 e. The number of hydrogen-bond donors (Lipinski definition) is 0. The normalized spacial score (nSPS) is 13.9. The van der Waals surface area contributed by atoms with Crippen LogP contribution in [0.3, 0.4) is 0 Å². The Bertz CT molecular complexity index is 225. The Morgan fingerprint density at radius 3 is 2.77 bits per heavy atom. The number of terminal acetylenes is 1. The molecule has 2 heteroatoms. The topological polar surface area (TPSA) is 26.3 Å². The second-order valence-electron chi connectivity index (χ2n) is 3.15. The van der Waals surface area contributed by atoms with Gasteiger partial charge in [0.15, 0.2) is 5.60 Å². The summed E-state index contributed by atoms with van der Waals surface area (Å²) in [6.45, 7) is 6.72. The lowest BCUT2D eigenvalue weighted by molar-refractivity contribution is -0.150. The lowest BCUT2D eigenvalue weighted by Gasteiger charge is -2.22. The molecule has 0 rings (SSSR count). The van der Waals surface area contributed by atoms with Crippen molar-refractivity contribution in [3.8, 4) is 12.3 Å². The Kier molecular flexibility index (Phi) is 4.91. The minimum absolute atomic E-state index is 0.334. The van der Waals surface area contributed by atoms with Crippen LogP contribution in [0.5, 0.6) is 0 Å². The summed E-state index contributed by atoms with van der Waals surface area (Å²) in [5.41, 5.74) is -0.755. The number of allylic oxidation sites excluding steroid dienone is 1. The van der Waals surface area contributed by atoms with Crippen LogP contribution in [0.1, 0.15) is 33.1 Å². The molecule has 1 atom stereocenters. The van der Waals surface area contributed by atoms with Crippen molar-refractivity contribution in [3.05, 3.63) is 12.7 Å². The third-order valence-electron chi connectivity index (χ3n) is 1.74. The number of carbonyl (C=O) groups is 1. The summed E-state index contributed by atoms with van der Waals surface area (Å²) in [6.07, 6.45) is 9.56. The van der Waals surface area contributed by atoms with Crippen LogP contribution in [0.4, 0.5) is 0 Å². The average molecular weight is 180 g/mol. The standard InChI is InChI=1S/C11H16O2/c1-5-7-8-9-11(4,6-2)13-10(3)12/h2,5H,1,7-9H2,3-4H3. The zero-order valence-corrected chi connectivity index (χ0v) is 8.30. The van der Waals surface area contributed by atoms with Crippen molar-refractivity contribution in [3.63, 3.8) is 0 Å². The average Bonchev–Trinajstić information content (AvgIpc) is 2.04. The van der Waals surface area contributed by atoms with Crippen molar-refractivity contribution in [1.29, 1.82) is 0 Å². The van der Waals surface area contributed by atoms with E-state index >= 15 is 0 Å². The summed E-state index contributed by atoms with van der Waals surface area (Å²) >= 11 is 0. The molecule has 1 unspecified atom stereocenters. The van der Waals surface area contributed by atoms with Crippen LogP contribution in [-0.4, -0.2) is 11.6 Å². The zero-order chi connectivity index (χ0) is 10.3. The molecule has 0 bridgehead atoms. The van der Waals surface area contributed by atoms with E-state index in [9.17, 15) is 4.79 Å². The van der Waals surface area contributed by atoms with E-state index in [1.54, 1.807) is 6.92 Å². The molecule has 0 aliphatic carbocycles. The number of esters is 1. The van der Waals surface area contributed by atoms with E-state index in [2.05, 4.69) is 12.5 Å². The van der Waals surface area contributed by atoms with Gasteiger partial charge in [-0.15, -0.1) is 13.0 Å². The Morgan fingerprint density at radius 1 is 1.77 bits per heavy atom. The number of rotatable bonds is 5. The first-order valence-corrected chi connectivity index (χ1v) is 4.32. The van der Waals surface area contributed by atoms with Crippen molar-refractivity contribution >= 4 is 5.97 Å². The van der Waals surface area contributed by atoms with Crippen molar-refractivity contribution in [2.24, 2.45) is 0 Å². The molecule has 0 fully saturated rings. The predicted molar refractivity (Wildman–Crippen MR) is 53.1 cm³/mol. The van der Waals surface area contributed by atoms with Gasteiger partial charge in [-0.1, -0.05) is 12.0 Å². The Morgan fingerprint density at radius 2 is 2.38 bits per heavy atom. The Balaban J connectivity index is 4.05. The van der Waals surface area contributed by atoms with E-state index in [0.717, 1.165) is 12.8 Å². The van der Waals surface area contributed by atoms with E-state index < -0.39 is 5.60 Å². The zero-order valence-electron chi connectivity index (χ0n) is 8.30. The molecule has 0 aromatic heterocycles. The highest BCUT2D eigenvalue weighted by Gasteiger charge is 2.23. The highest BCUT2D eigenvalue weighted by Crippen LogP contribution is 2.18. The van der Waals surface area contributed by atoms with Gasteiger partial charge >= 0.3 is 5.97 Å². The molecule has 13 heavy (non-hydrogen) atoms. The van der Waals surface area contributed by atoms with Crippen LogP contribution in [0.2, 0.25) is 0 Å². The minimum atomic E-state index is -0.755. The summed E-state index contributed by atoms with van der Waals surface area (Å²) in [6, 6.07) is 0.